The summed E-state index contributed by atoms with van der Waals surface area (Å²) in [4.78, 5) is 30.6. The van der Waals surface area contributed by atoms with Gasteiger partial charge in [0.25, 0.3) is 0 Å². The highest BCUT2D eigenvalue weighted by Crippen LogP contribution is 2.51. The minimum Gasteiger partial charge on any atom is -0.255 e. The third kappa shape index (κ3) is 4.10. The number of hydrogen-bond acceptors (Lipinski definition) is 6. The molecule has 3 aliphatic carbocycles. The summed E-state index contributed by atoms with van der Waals surface area (Å²) in [6.07, 6.45) is 5.71. The number of hydrogen-bond donors (Lipinski definition) is 0. The van der Waals surface area contributed by atoms with Crippen molar-refractivity contribution in [3.05, 3.63) is 143 Å². The number of aromatic nitrogens is 6. The molecule has 0 spiro atoms. The first-order chi connectivity index (χ1) is 24.5. The van der Waals surface area contributed by atoms with E-state index in [0.29, 0.717) is 17.5 Å². The normalized spacial score (nSPS) is 16.1. The van der Waals surface area contributed by atoms with Crippen molar-refractivity contribution in [1.29, 1.82) is 0 Å². The Morgan fingerprint density at radius 2 is 0.627 bits per heavy atom. The van der Waals surface area contributed by atoms with Gasteiger partial charge in [0.15, 0.2) is 17.5 Å². The van der Waals surface area contributed by atoms with Gasteiger partial charge in [-0.25, -0.2) is 15.0 Å². The van der Waals surface area contributed by atoms with Crippen molar-refractivity contribution < 1.29 is 0 Å². The maximum Gasteiger partial charge on any atom is 0.165 e. The summed E-state index contributed by atoms with van der Waals surface area (Å²) < 4.78 is 0. The van der Waals surface area contributed by atoms with E-state index in [1.54, 1.807) is 0 Å². The van der Waals surface area contributed by atoms with Crippen molar-refractivity contribution in [2.24, 2.45) is 0 Å². The summed E-state index contributed by atoms with van der Waals surface area (Å²) in [5, 5.41) is 0. The zero-order valence-corrected chi connectivity index (χ0v) is 29.6. The Morgan fingerprint density at radius 1 is 0.353 bits per heavy atom. The van der Waals surface area contributed by atoms with Crippen LogP contribution in [-0.4, -0.2) is 29.9 Å². The first-order valence-corrected chi connectivity index (χ1v) is 17.6. The van der Waals surface area contributed by atoms with E-state index in [1.165, 1.54) is 50.1 Å². The van der Waals surface area contributed by atoms with E-state index in [2.05, 4.69) is 133 Å². The standard InChI is InChI=1S/C45H36N6/c1-43(2)31-16-10-7-13-28(31)37-34(43)19-25(22-46-37)40-49-41(26-20-35-38(47-23-26)29-14-8-11-17-32(29)44(35,3)4)51-42(50-40)27-21-36-39(48-24-27)30-15-9-12-18-33(30)45(36,5)6/h7-24H,1-6H3. The number of fused-ring (bicyclic) bond motifs is 9. The third-order valence-electron chi connectivity index (χ3n) is 11.7. The summed E-state index contributed by atoms with van der Waals surface area (Å²) >= 11 is 0. The Hall–Kier alpha value is -5.88. The van der Waals surface area contributed by atoms with Gasteiger partial charge in [-0.15, -0.1) is 0 Å². The van der Waals surface area contributed by atoms with Crippen molar-refractivity contribution in [2.75, 3.05) is 0 Å². The SMILES string of the molecule is CC1(C)c2ccccc2-c2ncc(-c3nc(-c4cnc5c(c4)C(C)(C)c4ccccc4-5)nc(-c4cnc5c(c4)C(C)(C)c4ccccc4-5)n3)cc21. The monoisotopic (exact) mass is 660 g/mol. The van der Waals surface area contributed by atoms with Crippen molar-refractivity contribution in [3.8, 4) is 67.9 Å². The van der Waals surface area contributed by atoms with Crippen LogP contribution in [-0.2, 0) is 16.2 Å². The molecule has 0 fully saturated rings. The number of benzene rings is 3. The van der Waals surface area contributed by atoms with Crippen LogP contribution in [0.2, 0.25) is 0 Å². The van der Waals surface area contributed by atoms with Gasteiger partial charge in [-0.1, -0.05) is 114 Å². The van der Waals surface area contributed by atoms with Crippen LogP contribution in [0.25, 0.3) is 67.9 Å². The highest BCUT2D eigenvalue weighted by molar-refractivity contribution is 5.83. The van der Waals surface area contributed by atoms with E-state index in [-0.39, 0.29) is 16.2 Å². The first-order valence-electron chi connectivity index (χ1n) is 17.6. The summed E-state index contributed by atoms with van der Waals surface area (Å²) in [5.41, 5.74) is 15.9. The van der Waals surface area contributed by atoms with Gasteiger partial charge in [-0.3, -0.25) is 15.0 Å². The highest BCUT2D eigenvalue weighted by atomic mass is 15.0. The molecule has 51 heavy (non-hydrogen) atoms. The second-order valence-corrected chi connectivity index (χ2v) is 15.7. The molecule has 0 atom stereocenters. The molecule has 246 valence electrons. The van der Waals surface area contributed by atoms with Crippen LogP contribution in [0.4, 0.5) is 0 Å². The molecule has 3 aromatic carbocycles. The molecule has 7 aromatic rings. The zero-order chi connectivity index (χ0) is 34.9. The summed E-state index contributed by atoms with van der Waals surface area (Å²) in [7, 11) is 0. The first kappa shape index (κ1) is 30.0. The van der Waals surface area contributed by atoms with Crippen LogP contribution < -0.4 is 0 Å². The fourth-order valence-corrected chi connectivity index (χ4v) is 8.74. The van der Waals surface area contributed by atoms with Crippen molar-refractivity contribution in [1.82, 2.24) is 29.9 Å². The molecule has 0 unspecified atom stereocenters. The molecule has 3 aliphatic rings. The van der Waals surface area contributed by atoms with Gasteiger partial charge in [-0.2, -0.15) is 0 Å². The van der Waals surface area contributed by atoms with Gasteiger partial charge in [-0.05, 0) is 51.6 Å². The fourth-order valence-electron chi connectivity index (χ4n) is 8.74. The molecule has 6 nitrogen and oxygen atoms in total. The molecule has 6 heteroatoms. The maximum absolute atomic E-state index is 5.16. The van der Waals surface area contributed by atoms with Gasteiger partial charge in [0.1, 0.15) is 0 Å². The van der Waals surface area contributed by atoms with E-state index in [0.717, 1.165) is 33.8 Å². The zero-order valence-electron chi connectivity index (χ0n) is 29.6. The Balaban J connectivity index is 1.16. The molecule has 0 aliphatic heterocycles. The van der Waals surface area contributed by atoms with Crippen LogP contribution >= 0.6 is 0 Å². The lowest BCUT2D eigenvalue weighted by molar-refractivity contribution is 0.659. The van der Waals surface area contributed by atoms with Gasteiger partial charge >= 0.3 is 0 Å². The second-order valence-electron chi connectivity index (χ2n) is 15.7. The Morgan fingerprint density at radius 3 is 0.922 bits per heavy atom. The summed E-state index contributed by atoms with van der Waals surface area (Å²) in [6.45, 7) is 13.6. The molecule has 4 heterocycles. The van der Waals surface area contributed by atoms with Gasteiger partial charge in [0, 0.05) is 68.2 Å². The maximum atomic E-state index is 5.16. The smallest absolute Gasteiger partial charge is 0.165 e. The van der Waals surface area contributed by atoms with Gasteiger partial charge < -0.3 is 0 Å². The lowest BCUT2D eigenvalue weighted by Gasteiger charge is -2.22. The molecule has 0 amide bonds. The van der Waals surface area contributed by atoms with Crippen molar-refractivity contribution in [2.45, 2.75) is 57.8 Å². The van der Waals surface area contributed by atoms with Crippen LogP contribution in [0.15, 0.2) is 110 Å². The van der Waals surface area contributed by atoms with Crippen LogP contribution in [0.3, 0.4) is 0 Å². The molecule has 0 radical (unpaired) electrons. The molecule has 0 saturated heterocycles. The lowest BCUT2D eigenvalue weighted by Crippen LogP contribution is -2.15. The van der Waals surface area contributed by atoms with E-state index in [4.69, 9.17) is 29.9 Å². The molecular formula is C45H36N6. The predicted octanol–water partition coefficient (Wildman–Crippen LogP) is 9.98. The topological polar surface area (TPSA) is 77.3 Å². The number of rotatable bonds is 3. The third-order valence-corrected chi connectivity index (χ3v) is 11.7. The molecule has 10 rings (SSSR count). The molecule has 4 aromatic heterocycles. The van der Waals surface area contributed by atoms with Crippen LogP contribution in [0.1, 0.15) is 74.9 Å². The van der Waals surface area contributed by atoms with E-state index >= 15 is 0 Å². The average molecular weight is 661 g/mol. The van der Waals surface area contributed by atoms with E-state index in [9.17, 15) is 0 Å². The Kier molecular flexibility index (Phi) is 5.94. The largest absolute Gasteiger partial charge is 0.255 e. The molecular weight excluding hydrogens is 625 g/mol. The highest BCUT2D eigenvalue weighted by Gasteiger charge is 2.39. The van der Waals surface area contributed by atoms with E-state index < -0.39 is 0 Å². The van der Waals surface area contributed by atoms with Crippen molar-refractivity contribution in [3.63, 3.8) is 0 Å². The minimum atomic E-state index is -0.206. The Bertz CT molecular complexity index is 2330. The average Bonchev–Trinajstić information content (AvgIpc) is 3.64. The second kappa shape index (κ2) is 10.1. The van der Waals surface area contributed by atoms with Gasteiger partial charge in [0.05, 0.1) is 17.1 Å². The summed E-state index contributed by atoms with van der Waals surface area (Å²) in [5.74, 6) is 1.72. The molecule has 0 N–H and O–H groups in total. The minimum absolute atomic E-state index is 0.206. The van der Waals surface area contributed by atoms with E-state index in [1.807, 2.05) is 18.6 Å². The number of pyridine rings is 3. The number of nitrogens with zero attached hydrogens (tertiary/aromatic N) is 6. The molecule has 0 saturated carbocycles. The lowest BCUT2D eigenvalue weighted by atomic mass is 9.82. The molecule has 0 bridgehead atoms. The predicted molar refractivity (Wildman–Crippen MR) is 202 cm³/mol. The van der Waals surface area contributed by atoms with Gasteiger partial charge in [0.2, 0.25) is 0 Å². The fraction of sp³-hybridized carbons (Fsp3) is 0.200. The quantitative estimate of drug-likeness (QED) is 0.188. The van der Waals surface area contributed by atoms with Crippen molar-refractivity contribution >= 4 is 0 Å². The van der Waals surface area contributed by atoms with Crippen LogP contribution in [0, 0.1) is 0 Å². The Labute approximate surface area is 297 Å². The van der Waals surface area contributed by atoms with Crippen LogP contribution in [0.5, 0.6) is 0 Å². The summed E-state index contributed by atoms with van der Waals surface area (Å²) in [6, 6.07) is 32.3.